The molecule has 1 saturated heterocycles. The number of morpholine rings is 1. The molecule has 0 aromatic carbocycles. The van der Waals surface area contributed by atoms with E-state index in [0.717, 1.165) is 18.0 Å². The molecule has 2 N–H and O–H groups in total. The Balaban J connectivity index is 1.41. The van der Waals surface area contributed by atoms with Crippen molar-refractivity contribution in [2.75, 3.05) is 26.3 Å². The van der Waals surface area contributed by atoms with Crippen molar-refractivity contribution in [1.82, 2.24) is 15.6 Å². The summed E-state index contributed by atoms with van der Waals surface area (Å²) >= 11 is 1.73. The Bertz CT molecular complexity index is 479. The molecule has 1 aliphatic heterocycles. The lowest BCUT2D eigenvalue weighted by molar-refractivity contribution is -0.125. The third kappa shape index (κ3) is 4.27. The van der Waals surface area contributed by atoms with Crippen molar-refractivity contribution in [3.05, 3.63) is 16.1 Å². The smallest absolute Gasteiger partial charge is 0.239 e. The van der Waals surface area contributed by atoms with Crippen molar-refractivity contribution < 1.29 is 9.53 Å². The Morgan fingerprint density at radius 3 is 3.05 bits per heavy atom. The molecule has 0 spiro atoms. The Morgan fingerprint density at radius 1 is 1.41 bits per heavy atom. The highest BCUT2D eigenvalue weighted by Crippen LogP contribution is 2.33. The zero-order valence-electron chi connectivity index (χ0n) is 13.0. The van der Waals surface area contributed by atoms with Crippen molar-refractivity contribution in [3.8, 4) is 0 Å². The molecule has 1 aromatic rings. The van der Waals surface area contributed by atoms with E-state index in [1.165, 1.54) is 37.8 Å². The largest absolute Gasteiger partial charge is 0.378 e. The first kappa shape index (κ1) is 15.9. The lowest BCUT2D eigenvalue weighted by atomic mass is 9.87. The molecule has 0 radical (unpaired) electrons. The molecule has 1 amide bonds. The number of rotatable bonds is 5. The van der Waals surface area contributed by atoms with Gasteiger partial charge in [0, 0.05) is 30.8 Å². The van der Waals surface area contributed by atoms with E-state index in [1.54, 1.807) is 11.3 Å². The number of hydrogen-bond acceptors (Lipinski definition) is 5. The average Bonchev–Trinajstić information content (AvgIpc) is 3.05. The Labute approximate surface area is 135 Å². The van der Waals surface area contributed by atoms with Gasteiger partial charge in [-0.05, 0) is 12.8 Å². The highest BCUT2D eigenvalue weighted by atomic mass is 32.1. The zero-order chi connectivity index (χ0) is 15.2. The van der Waals surface area contributed by atoms with E-state index >= 15 is 0 Å². The second-order valence-corrected chi connectivity index (χ2v) is 7.07. The fourth-order valence-electron chi connectivity index (χ4n) is 3.18. The molecule has 1 saturated carbocycles. The minimum atomic E-state index is -0.206. The van der Waals surface area contributed by atoms with Crippen LogP contribution in [0, 0.1) is 0 Å². The molecule has 1 aliphatic carbocycles. The predicted octanol–water partition coefficient (Wildman–Crippen LogP) is 1.84. The number of carbonyl (C=O) groups is 1. The van der Waals surface area contributed by atoms with E-state index in [4.69, 9.17) is 9.72 Å². The molecule has 3 rings (SSSR count). The second kappa shape index (κ2) is 8.04. The molecule has 2 heterocycles. The first-order chi connectivity index (χ1) is 10.8. The van der Waals surface area contributed by atoms with Crippen LogP contribution in [-0.2, 0) is 16.0 Å². The molecule has 2 aliphatic rings. The van der Waals surface area contributed by atoms with Gasteiger partial charge in [0.1, 0.15) is 6.04 Å². The van der Waals surface area contributed by atoms with Gasteiger partial charge in [0.05, 0.1) is 23.9 Å². The number of nitrogens with one attached hydrogen (secondary N) is 2. The van der Waals surface area contributed by atoms with Gasteiger partial charge < -0.3 is 15.4 Å². The molecule has 122 valence electrons. The van der Waals surface area contributed by atoms with Crippen molar-refractivity contribution in [3.63, 3.8) is 0 Å². The number of thiazole rings is 1. The molecule has 1 aromatic heterocycles. The van der Waals surface area contributed by atoms with E-state index in [-0.39, 0.29) is 11.9 Å². The van der Waals surface area contributed by atoms with Crippen LogP contribution in [0.2, 0.25) is 0 Å². The van der Waals surface area contributed by atoms with Gasteiger partial charge in [0.2, 0.25) is 5.91 Å². The van der Waals surface area contributed by atoms with Gasteiger partial charge in [0.25, 0.3) is 0 Å². The maximum atomic E-state index is 12.0. The molecule has 0 bridgehead atoms. The number of carbonyl (C=O) groups excluding carboxylic acids is 1. The van der Waals surface area contributed by atoms with Crippen LogP contribution in [-0.4, -0.2) is 43.2 Å². The first-order valence-electron chi connectivity index (χ1n) is 8.36. The molecule has 1 unspecified atom stereocenters. The standard InChI is InChI=1S/C16H25N3O2S/c20-16(13-10-21-9-8-17-13)18-7-6-15-19-14(11-22-15)12-4-2-1-3-5-12/h11-13,17H,1-10H2,(H,18,20). The summed E-state index contributed by atoms with van der Waals surface area (Å²) in [5.74, 6) is 0.695. The fraction of sp³-hybridized carbons (Fsp3) is 0.750. The number of amides is 1. The van der Waals surface area contributed by atoms with Crippen LogP contribution in [0.1, 0.15) is 48.7 Å². The normalized spacial score (nSPS) is 23.4. The third-order valence-corrected chi connectivity index (χ3v) is 5.40. The molecule has 22 heavy (non-hydrogen) atoms. The van der Waals surface area contributed by atoms with E-state index in [9.17, 15) is 4.79 Å². The monoisotopic (exact) mass is 323 g/mol. The van der Waals surface area contributed by atoms with Crippen LogP contribution in [0.4, 0.5) is 0 Å². The zero-order valence-corrected chi connectivity index (χ0v) is 13.8. The Kier molecular flexibility index (Phi) is 5.81. The molecular weight excluding hydrogens is 298 g/mol. The molecule has 5 nitrogen and oxygen atoms in total. The van der Waals surface area contributed by atoms with Gasteiger partial charge in [0.15, 0.2) is 0 Å². The Morgan fingerprint density at radius 2 is 2.27 bits per heavy atom. The summed E-state index contributed by atoms with van der Waals surface area (Å²) in [5.41, 5.74) is 1.27. The quantitative estimate of drug-likeness (QED) is 0.868. The predicted molar refractivity (Wildman–Crippen MR) is 87.3 cm³/mol. The topological polar surface area (TPSA) is 63.2 Å². The van der Waals surface area contributed by atoms with Gasteiger partial charge in [-0.2, -0.15) is 0 Å². The summed E-state index contributed by atoms with van der Waals surface area (Å²) in [6, 6.07) is -0.206. The summed E-state index contributed by atoms with van der Waals surface area (Å²) in [6.07, 6.45) is 7.43. The van der Waals surface area contributed by atoms with E-state index in [2.05, 4.69) is 16.0 Å². The number of aromatic nitrogens is 1. The number of nitrogens with zero attached hydrogens (tertiary/aromatic N) is 1. The number of hydrogen-bond donors (Lipinski definition) is 2. The van der Waals surface area contributed by atoms with E-state index in [0.29, 0.717) is 25.7 Å². The molecule has 6 heteroatoms. The molecule has 2 fully saturated rings. The minimum absolute atomic E-state index is 0.0313. The highest BCUT2D eigenvalue weighted by Gasteiger charge is 2.21. The van der Waals surface area contributed by atoms with Crippen LogP contribution in [0.25, 0.3) is 0 Å². The van der Waals surface area contributed by atoms with E-state index < -0.39 is 0 Å². The van der Waals surface area contributed by atoms with Gasteiger partial charge in [-0.15, -0.1) is 11.3 Å². The number of ether oxygens (including phenoxy) is 1. The average molecular weight is 323 g/mol. The van der Waals surface area contributed by atoms with Gasteiger partial charge in [-0.3, -0.25) is 4.79 Å². The summed E-state index contributed by atoms with van der Waals surface area (Å²) in [7, 11) is 0. The summed E-state index contributed by atoms with van der Waals surface area (Å²) in [5, 5.41) is 9.48. The van der Waals surface area contributed by atoms with Crippen molar-refractivity contribution in [2.24, 2.45) is 0 Å². The van der Waals surface area contributed by atoms with Crippen LogP contribution < -0.4 is 10.6 Å². The maximum Gasteiger partial charge on any atom is 0.239 e. The van der Waals surface area contributed by atoms with Gasteiger partial charge in [-0.1, -0.05) is 19.3 Å². The van der Waals surface area contributed by atoms with Crippen LogP contribution in [0.5, 0.6) is 0 Å². The fourth-order valence-corrected chi connectivity index (χ4v) is 4.06. The summed E-state index contributed by atoms with van der Waals surface area (Å²) < 4.78 is 5.30. The lowest BCUT2D eigenvalue weighted by Gasteiger charge is -2.22. The van der Waals surface area contributed by atoms with Crippen molar-refractivity contribution >= 4 is 17.2 Å². The van der Waals surface area contributed by atoms with Gasteiger partial charge in [-0.25, -0.2) is 4.98 Å². The summed E-state index contributed by atoms with van der Waals surface area (Å²) in [6.45, 7) is 2.55. The third-order valence-electron chi connectivity index (χ3n) is 4.47. The minimum Gasteiger partial charge on any atom is -0.378 e. The Hall–Kier alpha value is -0.980. The van der Waals surface area contributed by atoms with Gasteiger partial charge >= 0.3 is 0 Å². The lowest BCUT2D eigenvalue weighted by Crippen LogP contribution is -2.51. The van der Waals surface area contributed by atoms with Crippen molar-refractivity contribution in [1.29, 1.82) is 0 Å². The highest BCUT2D eigenvalue weighted by molar-refractivity contribution is 7.09. The van der Waals surface area contributed by atoms with Crippen LogP contribution in [0.3, 0.4) is 0 Å². The molecular formula is C16H25N3O2S. The van der Waals surface area contributed by atoms with Crippen LogP contribution >= 0.6 is 11.3 Å². The first-order valence-corrected chi connectivity index (χ1v) is 9.24. The van der Waals surface area contributed by atoms with Crippen LogP contribution in [0.15, 0.2) is 5.38 Å². The summed E-state index contributed by atoms with van der Waals surface area (Å²) in [4.78, 5) is 16.7. The van der Waals surface area contributed by atoms with Crippen molar-refractivity contribution in [2.45, 2.75) is 50.5 Å². The maximum absolute atomic E-state index is 12.0. The SMILES string of the molecule is O=C(NCCc1nc(C2CCCCC2)cs1)C1COCCN1. The van der Waals surface area contributed by atoms with E-state index in [1.807, 2.05) is 0 Å². The second-order valence-electron chi connectivity index (χ2n) is 6.12. The molecule has 1 atom stereocenters.